The molecule has 8 aromatic carbocycles. The highest BCUT2D eigenvalue weighted by Gasteiger charge is 2.22. The predicted molar refractivity (Wildman–Crippen MR) is 188 cm³/mol. The van der Waals surface area contributed by atoms with Gasteiger partial charge in [-0.25, -0.2) is 0 Å². The van der Waals surface area contributed by atoms with Crippen molar-refractivity contribution in [3.63, 3.8) is 0 Å². The zero-order chi connectivity index (χ0) is 29.0. The van der Waals surface area contributed by atoms with Crippen LogP contribution in [-0.2, 0) is 0 Å². The Morgan fingerprint density at radius 2 is 0.977 bits per heavy atom. The third-order valence-corrected chi connectivity index (χ3v) is 8.93. The van der Waals surface area contributed by atoms with Gasteiger partial charge in [0.05, 0.1) is 22.4 Å². The molecule has 0 spiro atoms. The number of para-hydroxylation sites is 4. The molecule has 0 N–H and O–H groups in total. The van der Waals surface area contributed by atoms with Crippen molar-refractivity contribution in [3.8, 4) is 5.69 Å². The molecule has 0 saturated heterocycles. The van der Waals surface area contributed by atoms with Gasteiger partial charge in [-0.1, -0.05) is 127 Å². The third kappa shape index (κ3) is 3.68. The summed E-state index contributed by atoms with van der Waals surface area (Å²) in [4.78, 5) is 2.44. The molecule has 1 aromatic heterocycles. The fourth-order valence-corrected chi connectivity index (χ4v) is 7.05. The topological polar surface area (TPSA) is 8.17 Å². The Morgan fingerprint density at radius 1 is 0.364 bits per heavy atom. The van der Waals surface area contributed by atoms with Gasteiger partial charge in [0.15, 0.2) is 0 Å². The van der Waals surface area contributed by atoms with Crippen LogP contribution in [0.1, 0.15) is 0 Å². The summed E-state index contributed by atoms with van der Waals surface area (Å²) in [6, 6.07) is 61.5. The minimum atomic E-state index is 1.12. The Bertz CT molecular complexity index is 2490. The maximum atomic E-state index is 2.44. The maximum absolute atomic E-state index is 2.44. The molecule has 1 heterocycles. The highest BCUT2D eigenvalue weighted by Crippen LogP contribution is 2.46. The summed E-state index contributed by atoms with van der Waals surface area (Å²) in [7, 11) is 0. The predicted octanol–water partition coefficient (Wildman–Crippen LogP) is 11.7. The van der Waals surface area contributed by atoms with E-state index in [2.05, 4.69) is 179 Å². The van der Waals surface area contributed by atoms with E-state index >= 15 is 0 Å². The number of hydrogen-bond donors (Lipinski definition) is 0. The van der Waals surface area contributed by atoms with Crippen LogP contribution < -0.4 is 4.90 Å². The first-order valence-corrected chi connectivity index (χ1v) is 15.1. The van der Waals surface area contributed by atoms with Gasteiger partial charge >= 0.3 is 0 Å². The molecule has 0 bridgehead atoms. The molecule has 9 aromatic rings. The maximum Gasteiger partial charge on any atom is 0.0782 e. The number of aromatic nitrogens is 1. The smallest absolute Gasteiger partial charge is 0.0782 e. The highest BCUT2D eigenvalue weighted by molar-refractivity contribution is 6.23. The van der Waals surface area contributed by atoms with Gasteiger partial charge in [-0.3, -0.25) is 0 Å². The van der Waals surface area contributed by atoms with Crippen LogP contribution in [0, 0.1) is 0 Å². The van der Waals surface area contributed by atoms with Crippen LogP contribution in [0.5, 0.6) is 0 Å². The van der Waals surface area contributed by atoms with E-state index in [-0.39, 0.29) is 0 Å². The summed E-state index contributed by atoms with van der Waals surface area (Å²) in [5.74, 6) is 0. The molecule has 2 nitrogen and oxygen atoms in total. The molecule has 44 heavy (non-hydrogen) atoms. The minimum Gasteiger partial charge on any atom is -0.308 e. The normalized spacial score (nSPS) is 11.6. The number of nitrogens with zero attached hydrogens (tertiary/aromatic N) is 2. The summed E-state index contributed by atoms with van der Waals surface area (Å²) in [5, 5.41) is 10.1. The Labute approximate surface area is 255 Å². The van der Waals surface area contributed by atoms with Crippen LogP contribution in [0.2, 0.25) is 0 Å². The summed E-state index contributed by atoms with van der Waals surface area (Å²) in [6.45, 7) is 0. The summed E-state index contributed by atoms with van der Waals surface area (Å²) >= 11 is 0. The van der Waals surface area contributed by atoms with Crippen LogP contribution in [0.4, 0.5) is 17.1 Å². The molecule has 9 rings (SSSR count). The van der Waals surface area contributed by atoms with E-state index < -0.39 is 0 Å². The number of anilines is 3. The van der Waals surface area contributed by atoms with E-state index in [1.54, 1.807) is 0 Å². The Morgan fingerprint density at radius 3 is 1.82 bits per heavy atom. The van der Waals surface area contributed by atoms with Crippen molar-refractivity contribution < 1.29 is 0 Å². The van der Waals surface area contributed by atoms with Gasteiger partial charge in [-0.05, 0) is 69.4 Å². The minimum absolute atomic E-state index is 1.12. The van der Waals surface area contributed by atoms with Crippen LogP contribution in [-0.4, -0.2) is 4.57 Å². The molecule has 2 heteroatoms. The molecule has 0 aliphatic heterocycles. The number of fused-ring (bicyclic) bond motifs is 8. The monoisotopic (exact) mass is 560 g/mol. The largest absolute Gasteiger partial charge is 0.308 e. The van der Waals surface area contributed by atoms with Crippen molar-refractivity contribution in [2.24, 2.45) is 0 Å². The standard InChI is InChI=1S/C42H28N2/c1-3-14-31(15-4-1)43(38-23-11-20-36-35(38)28-27-30-26-25-29-13-7-8-18-33(29)41(30)36)40-24-12-21-37-34-19-9-10-22-39(34)44(42(37)40)32-16-5-2-6-17-32/h1-28H. The lowest BCUT2D eigenvalue weighted by molar-refractivity contribution is 1.17. The second-order valence-corrected chi connectivity index (χ2v) is 11.4. The van der Waals surface area contributed by atoms with Gasteiger partial charge in [-0.15, -0.1) is 0 Å². The molecule has 0 atom stereocenters. The molecule has 0 fully saturated rings. The Hall–Kier alpha value is -5.86. The Balaban J connectivity index is 1.42. The average Bonchev–Trinajstić information content (AvgIpc) is 3.44. The van der Waals surface area contributed by atoms with Gasteiger partial charge in [0.2, 0.25) is 0 Å². The first-order valence-electron chi connectivity index (χ1n) is 15.1. The van der Waals surface area contributed by atoms with Crippen molar-refractivity contribution in [3.05, 3.63) is 170 Å². The lowest BCUT2D eigenvalue weighted by Crippen LogP contribution is -2.12. The summed E-state index contributed by atoms with van der Waals surface area (Å²) in [6.07, 6.45) is 0. The fourth-order valence-electron chi connectivity index (χ4n) is 7.05. The fraction of sp³-hybridized carbons (Fsp3) is 0. The van der Waals surface area contributed by atoms with Gasteiger partial charge in [-0.2, -0.15) is 0 Å². The van der Waals surface area contributed by atoms with Gasteiger partial charge in [0, 0.05) is 27.5 Å². The van der Waals surface area contributed by atoms with Crippen LogP contribution in [0.25, 0.3) is 59.8 Å². The van der Waals surface area contributed by atoms with E-state index in [1.807, 2.05) is 0 Å². The van der Waals surface area contributed by atoms with Crippen molar-refractivity contribution in [1.29, 1.82) is 0 Å². The quantitative estimate of drug-likeness (QED) is 0.194. The third-order valence-electron chi connectivity index (χ3n) is 8.93. The molecular weight excluding hydrogens is 532 g/mol. The molecular formula is C42H28N2. The average molecular weight is 561 g/mol. The first-order chi connectivity index (χ1) is 21.9. The molecule has 0 aliphatic rings. The lowest BCUT2D eigenvalue weighted by atomic mass is 9.95. The SMILES string of the molecule is c1ccc(N(c2cccc3c2ccc2ccc4ccccc4c23)c2cccc3c4ccccc4n(-c4ccccc4)c23)cc1. The van der Waals surface area contributed by atoms with E-state index in [9.17, 15) is 0 Å². The zero-order valence-electron chi connectivity index (χ0n) is 24.1. The highest BCUT2D eigenvalue weighted by atomic mass is 15.2. The summed E-state index contributed by atoms with van der Waals surface area (Å²) in [5.41, 5.74) is 6.95. The van der Waals surface area contributed by atoms with Gasteiger partial charge in [0.25, 0.3) is 0 Å². The van der Waals surface area contributed by atoms with E-state index in [1.165, 1.54) is 54.1 Å². The van der Waals surface area contributed by atoms with Crippen LogP contribution in [0.15, 0.2) is 170 Å². The molecule has 0 aliphatic carbocycles. The molecule has 0 radical (unpaired) electrons. The molecule has 206 valence electrons. The van der Waals surface area contributed by atoms with Crippen molar-refractivity contribution >= 4 is 71.2 Å². The number of benzene rings is 8. The van der Waals surface area contributed by atoms with Gasteiger partial charge in [0.1, 0.15) is 0 Å². The van der Waals surface area contributed by atoms with E-state index in [0.29, 0.717) is 0 Å². The van der Waals surface area contributed by atoms with Crippen molar-refractivity contribution in [1.82, 2.24) is 4.57 Å². The number of hydrogen-bond acceptors (Lipinski definition) is 1. The lowest BCUT2D eigenvalue weighted by Gasteiger charge is -2.28. The second-order valence-electron chi connectivity index (χ2n) is 11.4. The van der Waals surface area contributed by atoms with Crippen LogP contribution >= 0.6 is 0 Å². The molecule has 0 unspecified atom stereocenters. The number of rotatable bonds is 4. The van der Waals surface area contributed by atoms with Crippen LogP contribution in [0.3, 0.4) is 0 Å². The zero-order valence-corrected chi connectivity index (χ0v) is 24.1. The van der Waals surface area contributed by atoms with E-state index in [4.69, 9.17) is 0 Å². The molecule has 0 saturated carbocycles. The van der Waals surface area contributed by atoms with Gasteiger partial charge < -0.3 is 9.47 Å². The summed E-state index contributed by atoms with van der Waals surface area (Å²) < 4.78 is 2.42. The van der Waals surface area contributed by atoms with Crippen molar-refractivity contribution in [2.45, 2.75) is 0 Å². The van der Waals surface area contributed by atoms with Crippen molar-refractivity contribution in [2.75, 3.05) is 4.90 Å². The van der Waals surface area contributed by atoms with E-state index in [0.717, 1.165) is 22.7 Å². The Kier molecular flexibility index (Phi) is 5.54. The second kappa shape index (κ2) is 9.86. The molecule has 0 amide bonds. The first kappa shape index (κ1) is 24.7.